The first-order valence-corrected chi connectivity index (χ1v) is 10.6. The molecule has 6 heteroatoms. The predicted molar refractivity (Wildman–Crippen MR) is 118 cm³/mol. The van der Waals surface area contributed by atoms with Gasteiger partial charge >= 0.3 is 0 Å². The Morgan fingerprint density at radius 3 is 1.94 bits per heavy atom. The molecule has 2 aliphatic heterocycles. The zero-order chi connectivity index (χ0) is 21.4. The Kier molecular flexibility index (Phi) is 5.00. The molecule has 0 radical (unpaired) electrons. The highest BCUT2D eigenvalue weighted by Gasteiger charge is 2.33. The topological polar surface area (TPSA) is 60.9 Å². The fourth-order valence-corrected chi connectivity index (χ4v) is 4.46. The molecule has 1 fully saturated rings. The zero-order valence-corrected chi connectivity index (χ0v) is 17.2. The van der Waals surface area contributed by atoms with Crippen LogP contribution in [0.3, 0.4) is 0 Å². The molecule has 0 atom stereocenters. The Morgan fingerprint density at radius 2 is 1.32 bits per heavy atom. The molecule has 3 aromatic rings. The van der Waals surface area contributed by atoms with Crippen LogP contribution < -0.4 is 0 Å². The van der Waals surface area contributed by atoms with E-state index in [4.69, 9.17) is 0 Å². The molecule has 0 bridgehead atoms. The predicted octanol–water partition coefficient (Wildman–Crippen LogP) is 2.89. The first-order valence-electron chi connectivity index (χ1n) is 10.6. The van der Waals surface area contributed by atoms with Crippen LogP contribution in [0.2, 0.25) is 0 Å². The second kappa shape index (κ2) is 7.96. The van der Waals surface area contributed by atoms with Crippen molar-refractivity contribution in [3.63, 3.8) is 0 Å². The van der Waals surface area contributed by atoms with Crippen molar-refractivity contribution < 1.29 is 14.4 Å². The number of hydrogen-bond donors (Lipinski definition) is 0. The smallest absolute Gasteiger partial charge is 0.261 e. The van der Waals surface area contributed by atoms with Crippen LogP contribution in [0, 0.1) is 0 Å². The fourth-order valence-electron chi connectivity index (χ4n) is 4.46. The van der Waals surface area contributed by atoms with Gasteiger partial charge in [0.2, 0.25) is 0 Å². The van der Waals surface area contributed by atoms with Gasteiger partial charge in [0.05, 0.1) is 0 Å². The number of rotatable bonds is 4. The van der Waals surface area contributed by atoms with Gasteiger partial charge in [-0.25, -0.2) is 0 Å². The third-order valence-electron chi connectivity index (χ3n) is 6.18. The van der Waals surface area contributed by atoms with Crippen molar-refractivity contribution in [2.45, 2.75) is 0 Å². The lowest BCUT2D eigenvalue weighted by atomic mass is 9.94. The van der Waals surface area contributed by atoms with Gasteiger partial charge < -0.3 is 4.90 Å². The largest absolute Gasteiger partial charge is 0.336 e. The first kappa shape index (κ1) is 19.5. The van der Waals surface area contributed by atoms with Crippen molar-refractivity contribution in [3.05, 3.63) is 83.4 Å². The molecule has 0 aliphatic carbocycles. The number of imide groups is 1. The number of hydrogen-bond acceptors (Lipinski definition) is 4. The fraction of sp³-hybridized carbons (Fsp3) is 0.240. The van der Waals surface area contributed by atoms with Crippen LogP contribution >= 0.6 is 0 Å². The maximum atomic E-state index is 13.0. The third kappa shape index (κ3) is 3.49. The van der Waals surface area contributed by atoms with Crippen LogP contribution in [0.25, 0.3) is 10.8 Å². The molecule has 0 unspecified atom stereocenters. The van der Waals surface area contributed by atoms with Gasteiger partial charge in [-0.1, -0.05) is 42.5 Å². The van der Waals surface area contributed by atoms with Crippen LogP contribution in [-0.4, -0.2) is 71.7 Å². The van der Waals surface area contributed by atoms with Crippen molar-refractivity contribution in [1.29, 1.82) is 0 Å². The summed E-state index contributed by atoms with van der Waals surface area (Å²) in [5.41, 5.74) is 1.88. The lowest BCUT2D eigenvalue weighted by Crippen LogP contribution is -2.51. The van der Waals surface area contributed by atoms with E-state index in [1.807, 2.05) is 59.5 Å². The van der Waals surface area contributed by atoms with Gasteiger partial charge in [-0.3, -0.25) is 24.2 Å². The SMILES string of the molecule is O=C(c1ccccc1)N1CCN(CCN2C(=O)c3cccc4cccc(c34)C2=O)CC1. The maximum Gasteiger partial charge on any atom is 0.261 e. The number of benzene rings is 3. The summed E-state index contributed by atoms with van der Waals surface area (Å²) in [5, 5.41) is 1.67. The van der Waals surface area contributed by atoms with E-state index in [1.165, 1.54) is 4.90 Å². The number of nitrogens with zero attached hydrogens (tertiary/aromatic N) is 3. The number of amides is 3. The Labute approximate surface area is 180 Å². The lowest BCUT2D eigenvalue weighted by Gasteiger charge is -2.36. The summed E-state index contributed by atoms with van der Waals surface area (Å²) in [7, 11) is 0. The molecule has 0 aromatic heterocycles. The zero-order valence-electron chi connectivity index (χ0n) is 17.2. The normalized spacial score (nSPS) is 16.8. The number of carbonyl (C=O) groups is 3. The van der Waals surface area contributed by atoms with Gasteiger partial charge in [-0.05, 0) is 29.7 Å². The summed E-state index contributed by atoms with van der Waals surface area (Å²) in [6.45, 7) is 3.66. The summed E-state index contributed by atoms with van der Waals surface area (Å²) in [6.07, 6.45) is 0. The molecule has 5 rings (SSSR count). The molecule has 2 heterocycles. The Bertz CT molecular complexity index is 1120. The standard InChI is InChI=1S/C25H23N3O3/c29-23(19-6-2-1-3-7-19)27-15-12-26(13-16-27)14-17-28-24(30)20-10-4-8-18-9-5-11-21(22(18)20)25(28)31/h1-11H,12-17H2. The van der Waals surface area contributed by atoms with Crippen LogP contribution in [-0.2, 0) is 0 Å². The first-order chi connectivity index (χ1) is 15.1. The highest BCUT2D eigenvalue weighted by atomic mass is 16.2. The Morgan fingerprint density at radius 1 is 0.710 bits per heavy atom. The van der Waals surface area contributed by atoms with Gasteiger partial charge in [-0.15, -0.1) is 0 Å². The van der Waals surface area contributed by atoms with E-state index in [0.29, 0.717) is 42.9 Å². The number of carbonyl (C=O) groups excluding carboxylic acids is 3. The van der Waals surface area contributed by atoms with E-state index < -0.39 is 0 Å². The summed E-state index contributed by atoms with van der Waals surface area (Å²) < 4.78 is 0. The summed E-state index contributed by atoms with van der Waals surface area (Å²) >= 11 is 0. The highest BCUT2D eigenvalue weighted by molar-refractivity contribution is 6.25. The summed E-state index contributed by atoms with van der Waals surface area (Å²) in [5.74, 6) is -0.411. The molecular formula is C25H23N3O3. The summed E-state index contributed by atoms with van der Waals surface area (Å²) in [4.78, 5) is 44.1. The van der Waals surface area contributed by atoms with Crippen LogP contribution in [0.5, 0.6) is 0 Å². The van der Waals surface area contributed by atoms with Crippen LogP contribution in [0.15, 0.2) is 66.7 Å². The van der Waals surface area contributed by atoms with Crippen molar-refractivity contribution in [2.24, 2.45) is 0 Å². The Balaban J connectivity index is 1.23. The van der Waals surface area contributed by atoms with Crippen molar-refractivity contribution in [3.8, 4) is 0 Å². The van der Waals surface area contributed by atoms with Crippen molar-refractivity contribution in [1.82, 2.24) is 14.7 Å². The second-order valence-corrected chi connectivity index (χ2v) is 7.97. The van der Waals surface area contributed by atoms with Crippen molar-refractivity contribution >= 4 is 28.5 Å². The van der Waals surface area contributed by atoms with Gasteiger partial charge in [0, 0.05) is 61.3 Å². The summed E-state index contributed by atoms with van der Waals surface area (Å²) in [6, 6.07) is 20.5. The molecule has 0 saturated carbocycles. The number of piperazine rings is 1. The van der Waals surface area contributed by atoms with Gasteiger partial charge in [-0.2, -0.15) is 0 Å². The minimum absolute atomic E-state index is 0.0475. The quantitative estimate of drug-likeness (QED) is 0.617. The molecule has 31 heavy (non-hydrogen) atoms. The molecule has 0 spiro atoms. The molecule has 0 N–H and O–H groups in total. The molecule has 1 saturated heterocycles. The molecule has 3 aromatic carbocycles. The second-order valence-electron chi connectivity index (χ2n) is 7.97. The van der Waals surface area contributed by atoms with E-state index in [-0.39, 0.29) is 17.7 Å². The molecule has 6 nitrogen and oxygen atoms in total. The van der Waals surface area contributed by atoms with Crippen LogP contribution in [0.4, 0.5) is 0 Å². The Hall–Kier alpha value is -3.51. The maximum absolute atomic E-state index is 13.0. The molecule has 3 amide bonds. The average molecular weight is 413 g/mol. The highest BCUT2D eigenvalue weighted by Crippen LogP contribution is 2.29. The molecule has 2 aliphatic rings. The van der Waals surface area contributed by atoms with Crippen molar-refractivity contribution in [2.75, 3.05) is 39.3 Å². The van der Waals surface area contributed by atoms with E-state index in [0.717, 1.165) is 23.9 Å². The van der Waals surface area contributed by atoms with Gasteiger partial charge in [0.25, 0.3) is 17.7 Å². The van der Waals surface area contributed by atoms with E-state index >= 15 is 0 Å². The average Bonchev–Trinajstić information content (AvgIpc) is 2.83. The van der Waals surface area contributed by atoms with Crippen LogP contribution in [0.1, 0.15) is 31.1 Å². The van der Waals surface area contributed by atoms with Gasteiger partial charge in [0.15, 0.2) is 0 Å². The molecule has 156 valence electrons. The van der Waals surface area contributed by atoms with E-state index in [2.05, 4.69) is 4.90 Å². The van der Waals surface area contributed by atoms with E-state index in [9.17, 15) is 14.4 Å². The third-order valence-corrected chi connectivity index (χ3v) is 6.18. The van der Waals surface area contributed by atoms with Gasteiger partial charge in [0.1, 0.15) is 0 Å². The molecular weight excluding hydrogens is 390 g/mol. The minimum Gasteiger partial charge on any atom is -0.336 e. The monoisotopic (exact) mass is 413 g/mol. The van der Waals surface area contributed by atoms with E-state index in [1.54, 1.807) is 12.1 Å². The lowest BCUT2D eigenvalue weighted by molar-refractivity contribution is 0.0551. The minimum atomic E-state index is -0.229.